The molecule has 0 aromatic heterocycles. The predicted octanol–water partition coefficient (Wildman–Crippen LogP) is 3.88. The molecule has 1 aromatic carbocycles. The maximum absolute atomic E-state index is 13.3. The van der Waals surface area contributed by atoms with Crippen LogP contribution < -0.4 is 14.8 Å². The second-order valence-electron chi connectivity index (χ2n) is 9.49. The number of hydrogen-bond acceptors (Lipinski definition) is 4. The largest absolute Gasteiger partial charge is 0.486 e. The Morgan fingerprint density at radius 2 is 1.97 bits per heavy atom. The quantitative estimate of drug-likeness (QED) is 0.715. The van der Waals surface area contributed by atoms with Gasteiger partial charge in [0.05, 0.1) is 6.04 Å². The molecule has 4 aliphatic heterocycles. The lowest BCUT2D eigenvalue weighted by Crippen LogP contribution is -2.60. The minimum atomic E-state index is 0.0153. The van der Waals surface area contributed by atoms with Crippen LogP contribution in [0.15, 0.2) is 29.8 Å². The summed E-state index contributed by atoms with van der Waals surface area (Å²) in [5, 5.41) is 3.14. The first-order chi connectivity index (χ1) is 14.8. The Labute approximate surface area is 178 Å². The molecule has 2 bridgehead atoms. The third-order valence-electron chi connectivity index (χ3n) is 7.71. The molecule has 1 N–H and O–H groups in total. The highest BCUT2D eigenvalue weighted by Gasteiger charge is 2.46. The Hall–Kier alpha value is -2.21. The number of nitrogens with one attached hydrogen (secondary N) is 1. The monoisotopic (exact) mass is 409 g/mol. The van der Waals surface area contributed by atoms with Crippen molar-refractivity contribution in [1.82, 2.24) is 9.80 Å². The Morgan fingerprint density at radius 3 is 2.90 bits per heavy atom. The molecule has 3 fully saturated rings. The van der Waals surface area contributed by atoms with Crippen molar-refractivity contribution in [3.8, 4) is 11.5 Å². The van der Waals surface area contributed by atoms with Crippen LogP contribution in [0.2, 0.25) is 0 Å². The molecule has 4 heterocycles. The molecule has 0 saturated carbocycles. The molecule has 0 unspecified atom stereocenters. The number of rotatable bonds is 1. The summed E-state index contributed by atoms with van der Waals surface area (Å²) in [5.74, 6) is 2.72. The fourth-order valence-corrected chi connectivity index (χ4v) is 6.52. The second-order valence-corrected chi connectivity index (χ2v) is 9.49. The number of carbonyl (C=O) groups excluding carboxylic acids is 1. The first-order valence-corrected chi connectivity index (χ1v) is 11.7. The molecule has 5 aliphatic rings. The third-order valence-corrected chi connectivity index (χ3v) is 7.71. The molecule has 4 atom stereocenters. The Bertz CT molecular complexity index is 869. The van der Waals surface area contributed by atoms with Crippen LogP contribution in [0, 0.1) is 11.8 Å². The van der Waals surface area contributed by atoms with Crippen molar-refractivity contribution in [2.24, 2.45) is 11.8 Å². The van der Waals surface area contributed by atoms with Crippen molar-refractivity contribution in [3.63, 3.8) is 0 Å². The minimum absolute atomic E-state index is 0.0153. The zero-order valence-corrected chi connectivity index (χ0v) is 17.5. The van der Waals surface area contributed by atoms with E-state index in [2.05, 4.69) is 21.2 Å². The average molecular weight is 410 g/mol. The van der Waals surface area contributed by atoms with Gasteiger partial charge >= 0.3 is 6.03 Å². The molecule has 6 nitrogen and oxygen atoms in total. The predicted molar refractivity (Wildman–Crippen MR) is 115 cm³/mol. The van der Waals surface area contributed by atoms with Gasteiger partial charge in [-0.25, -0.2) is 4.79 Å². The van der Waals surface area contributed by atoms with Gasteiger partial charge in [-0.05, 0) is 62.6 Å². The fraction of sp³-hybridized carbons (Fsp3) is 0.625. The minimum Gasteiger partial charge on any atom is -0.486 e. The molecule has 0 radical (unpaired) electrons. The van der Waals surface area contributed by atoms with E-state index in [1.807, 2.05) is 18.2 Å². The zero-order valence-electron chi connectivity index (χ0n) is 17.5. The lowest BCUT2D eigenvalue weighted by atomic mass is 9.68. The van der Waals surface area contributed by atoms with E-state index in [-0.39, 0.29) is 12.1 Å². The molecular weight excluding hydrogens is 378 g/mol. The highest BCUT2D eigenvalue weighted by Crippen LogP contribution is 2.45. The Kier molecular flexibility index (Phi) is 4.63. The average Bonchev–Trinajstić information content (AvgIpc) is 2.78. The molecule has 2 amide bonds. The van der Waals surface area contributed by atoms with Crippen LogP contribution in [-0.4, -0.2) is 60.8 Å². The summed E-state index contributed by atoms with van der Waals surface area (Å²) < 4.78 is 11.3. The molecule has 1 aromatic rings. The first kappa shape index (κ1) is 18.6. The topological polar surface area (TPSA) is 54.0 Å². The number of ether oxygens (including phenoxy) is 2. The maximum Gasteiger partial charge on any atom is 0.322 e. The molecule has 30 heavy (non-hydrogen) atoms. The van der Waals surface area contributed by atoms with Crippen LogP contribution >= 0.6 is 0 Å². The number of fused-ring (bicyclic) bond motifs is 7. The van der Waals surface area contributed by atoms with Gasteiger partial charge in [-0.3, -0.25) is 4.90 Å². The molecule has 3 saturated heterocycles. The normalized spacial score (nSPS) is 32.5. The van der Waals surface area contributed by atoms with Crippen LogP contribution in [0.25, 0.3) is 0 Å². The number of nitrogens with zero attached hydrogens (tertiary/aromatic N) is 2. The molecular formula is C24H31N3O3. The van der Waals surface area contributed by atoms with Crippen LogP contribution in [0.5, 0.6) is 11.5 Å². The number of anilines is 1. The standard InChI is InChI=1S/C24H31N3O3/c28-24(25-19-6-7-21-22(14-19)30-11-10-29-21)27-9-3-4-16-12-17-13-18(23(16)27)15-26-8-2-1-5-20(17)26/h6-7,12,14,17-18,20,23H,1-5,8-11,13,15H2,(H,25,28)/t17-,18-,20+,23+/m0/s1. The van der Waals surface area contributed by atoms with Crippen molar-refractivity contribution in [2.75, 3.05) is 38.2 Å². The number of hydrogen-bond donors (Lipinski definition) is 1. The number of urea groups is 1. The smallest absolute Gasteiger partial charge is 0.322 e. The van der Waals surface area contributed by atoms with Gasteiger partial charge in [0, 0.05) is 30.9 Å². The van der Waals surface area contributed by atoms with Crippen LogP contribution in [0.3, 0.4) is 0 Å². The van der Waals surface area contributed by atoms with E-state index in [0.717, 1.165) is 43.4 Å². The maximum atomic E-state index is 13.3. The number of benzene rings is 1. The highest BCUT2D eigenvalue weighted by molar-refractivity contribution is 5.90. The van der Waals surface area contributed by atoms with E-state index in [9.17, 15) is 4.79 Å². The van der Waals surface area contributed by atoms with Crippen LogP contribution in [0.4, 0.5) is 10.5 Å². The van der Waals surface area contributed by atoms with Crippen molar-refractivity contribution in [1.29, 1.82) is 0 Å². The molecule has 160 valence electrons. The number of piperidine rings is 3. The number of carbonyl (C=O) groups is 1. The van der Waals surface area contributed by atoms with Gasteiger partial charge in [0.1, 0.15) is 13.2 Å². The second kappa shape index (κ2) is 7.49. The number of amides is 2. The lowest BCUT2D eigenvalue weighted by molar-refractivity contribution is 0.00908. The van der Waals surface area contributed by atoms with Crippen molar-refractivity contribution in [3.05, 3.63) is 29.8 Å². The summed E-state index contributed by atoms with van der Waals surface area (Å²) in [7, 11) is 0. The molecule has 6 heteroatoms. The van der Waals surface area contributed by atoms with Gasteiger partial charge in [0.2, 0.25) is 0 Å². The van der Waals surface area contributed by atoms with Crippen molar-refractivity contribution < 1.29 is 14.3 Å². The van der Waals surface area contributed by atoms with Gasteiger partial charge in [0.25, 0.3) is 0 Å². The fourth-order valence-electron chi connectivity index (χ4n) is 6.52. The van der Waals surface area contributed by atoms with Gasteiger partial charge in [-0.15, -0.1) is 0 Å². The van der Waals surface area contributed by atoms with E-state index >= 15 is 0 Å². The summed E-state index contributed by atoms with van der Waals surface area (Å²) >= 11 is 0. The summed E-state index contributed by atoms with van der Waals surface area (Å²) in [4.78, 5) is 18.2. The zero-order chi connectivity index (χ0) is 20.1. The highest BCUT2D eigenvalue weighted by atomic mass is 16.6. The van der Waals surface area contributed by atoms with E-state index in [0.29, 0.717) is 30.8 Å². The third kappa shape index (κ3) is 3.16. The SMILES string of the molecule is O=C(Nc1ccc2c(c1)OCCO2)N1CCCC2=C[C@H]3C[C@@H](CN4CCCC[C@H]34)[C@@H]21. The van der Waals surface area contributed by atoms with E-state index < -0.39 is 0 Å². The molecule has 0 spiro atoms. The van der Waals surface area contributed by atoms with Crippen molar-refractivity contribution in [2.45, 2.75) is 50.6 Å². The van der Waals surface area contributed by atoms with Crippen molar-refractivity contribution >= 4 is 11.7 Å². The van der Waals surface area contributed by atoms with Crippen LogP contribution in [-0.2, 0) is 0 Å². The van der Waals surface area contributed by atoms with Gasteiger partial charge in [0.15, 0.2) is 11.5 Å². The lowest BCUT2D eigenvalue weighted by Gasteiger charge is -2.54. The van der Waals surface area contributed by atoms with E-state index in [1.54, 1.807) is 0 Å². The first-order valence-electron chi connectivity index (χ1n) is 11.7. The van der Waals surface area contributed by atoms with Gasteiger partial charge in [-0.2, -0.15) is 0 Å². The summed E-state index contributed by atoms with van der Waals surface area (Å²) in [5.41, 5.74) is 2.29. The van der Waals surface area contributed by atoms with Crippen LogP contribution in [0.1, 0.15) is 38.5 Å². The summed E-state index contributed by atoms with van der Waals surface area (Å²) in [6.07, 6.45) is 10.1. The van der Waals surface area contributed by atoms with Gasteiger partial charge in [-0.1, -0.05) is 18.1 Å². The van der Waals surface area contributed by atoms with E-state index in [4.69, 9.17) is 9.47 Å². The Morgan fingerprint density at radius 1 is 1.07 bits per heavy atom. The Balaban J connectivity index is 1.23. The summed E-state index contributed by atoms with van der Waals surface area (Å²) in [6.45, 7) is 4.34. The summed E-state index contributed by atoms with van der Waals surface area (Å²) in [6, 6.07) is 6.68. The molecule has 6 rings (SSSR count). The molecule has 1 aliphatic carbocycles. The van der Waals surface area contributed by atoms with Gasteiger partial charge < -0.3 is 19.7 Å². The number of likely N-dealkylation sites (tertiary alicyclic amines) is 1. The van der Waals surface area contributed by atoms with E-state index in [1.165, 1.54) is 37.8 Å².